The number of fused-ring (bicyclic) bond motifs is 1. The quantitative estimate of drug-likeness (QED) is 0.173. The van der Waals surface area contributed by atoms with E-state index in [1.165, 1.54) is 16.3 Å². The minimum absolute atomic E-state index is 0.0257. The Kier molecular flexibility index (Phi) is 9.25. The van der Waals surface area contributed by atoms with Crippen LogP contribution in [0.5, 0.6) is 0 Å². The molecule has 0 amide bonds. The van der Waals surface area contributed by atoms with Crippen LogP contribution in [0.1, 0.15) is 57.0 Å². The van der Waals surface area contributed by atoms with E-state index in [2.05, 4.69) is 48.2 Å². The van der Waals surface area contributed by atoms with Crippen molar-refractivity contribution in [3.63, 3.8) is 0 Å². The zero-order valence-electron chi connectivity index (χ0n) is 25.3. The van der Waals surface area contributed by atoms with Crippen LogP contribution in [0.2, 0.25) is 0 Å². The van der Waals surface area contributed by atoms with Gasteiger partial charge in [0.25, 0.3) is 5.56 Å². The van der Waals surface area contributed by atoms with Gasteiger partial charge in [-0.2, -0.15) is 0 Å². The summed E-state index contributed by atoms with van der Waals surface area (Å²) in [5.74, 6) is -1.43. The molecule has 5 rings (SSSR count). The van der Waals surface area contributed by atoms with Crippen LogP contribution in [-0.4, -0.2) is 44.1 Å². The predicted molar refractivity (Wildman–Crippen MR) is 169 cm³/mol. The maximum absolute atomic E-state index is 13.7. The molecule has 5 aromatic rings. The number of allylic oxidation sites excluding steroid dienone is 1. The van der Waals surface area contributed by atoms with Gasteiger partial charge in [0.15, 0.2) is 17.4 Å². The Morgan fingerprint density at radius 2 is 1.68 bits per heavy atom. The first-order valence-electron chi connectivity index (χ1n) is 14.5. The van der Waals surface area contributed by atoms with Crippen LogP contribution in [0, 0.1) is 18.6 Å². The molecule has 9 heteroatoms. The lowest BCUT2D eigenvalue weighted by Crippen LogP contribution is -2.25. The molecule has 3 aromatic carbocycles. The summed E-state index contributed by atoms with van der Waals surface area (Å²) in [5.41, 5.74) is 4.88. The maximum atomic E-state index is 13.7. The molecule has 0 aliphatic carbocycles. The number of benzene rings is 3. The summed E-state index contributed by atoms with van der Waals surface area (Å²) in [6.45, 7) is 2.63. The molecule has 44 heavy (non-hydrogen) atoms. The molecule has 0 aliphatic rings. The van der Waals surface area contributed by atoms with Crippen LogP contribution in [0.3, 0.4) is 0 Å². The molecule has 226 valence electrons. The summed E-state index contributed by atoms with van der Waals surface area (Å²) in [7, 11) is 5.77. The fourth-order valence-electron chi connectivity index (χ4n) is 5.22. The Bertz CT molecular complexity index is 1910. The number of Topliss-reactive ketones (excluding diaryl/α,β-unsaturated/α-hetero) is 1. The van der Waals surface area contributed by atoms with Gasteiger partial charge in [-0.15, -0.1) is 0 Å². The highest BCUT2D eigenvalue weighted by Crippen LogP contribution is 2.18. The van der Waals surface area contributed by atoms with Crippen LogP contribution in [0.4, 0.5) is 8.78 Å². The number of carbonyl (C=O) groups excluding carboxylic acids is 1. The van der Waals surface area contributed by atoms with Crippen molar-refractivity contribution in [3.8, 4) is 0 Å². The second kappa shape index (κ2) is 13.3. The molecule has 0 saturated heterocycles. The molecular weight excluding hydrogens is 560 g/mol. The van der Waals surface area contributed by atoms with Crippen molar-refractivity contribution in [2.45, 2.75) is 39.3 Å². The van der Waals surface area contributed by atoms with Crippen molar-refractivity contribution >= 4 is 22.8 Å². The number of nitrogens with zero attached hydrogens (tertiary/aromatic N) is 5. The largest absolute Gasteiger partial charge is 0.305 e. The average molecular weight is 596 g/mol. The number of aromatic nitrogens is 4. The van der Waals surface area contributed by atoms with Gasteiger partial charge < -0.3 is 4.90 Å². The van der Waals surface area contributed by atoms with E-state index in [9.17, 15) is 18.4 Å². The van der Waals surface area contributed by atoms with Gasteiger partial charge in [-0.1, -0.05) is 48.6 Å². The van der Waals surface area contributed by atoms with Crippen LogP contribution in [0.15, 0.2) is 77.7 Å². The molecule has 0 spiro atoms. The molecule has 0 radical (unpaired) electrons. The summed E-state index contributed by atoms with van der Waals surface area (Å²) in [4.78, 5) is 37.6. The Balaban J connectivity index is 1.20. The zero-order chi connectivity index (χ0) is 31.4. The molecule has 0 unspecified atom stereocenters. The Labute approximate surface area is 255 Å². The van der Waals surface area contributed by atoms with E-state index in [0.717, 1.165) is 46.5 Å². The molecular formula is C35H35F2N5O2. The molecule has 0 fully saturated rings. The van der Waals surface area contributed by atoms with Crippen LogP contribution in [0.25, 0.3) is 17.0 Å². The van der Waals surface area contributed by atoms with E-state index in [4.69, 9.17) is 4.98 Å². The summed E-state index contributed by atoms with van der Waals surface area (Å²) in [6.07, 6.45) is 6.96. The number of ketones is 1. The number of halogens is 2. The summed E-state index contributed by atoms with van der Waals surface area (Å²) >= 11 is 0. The minimum Gasteiger partial charge on any atom is -0.305 e. The third-order valence-electron chi connectivity index (χ3n) is 7.64. The first kappa shape index (κ1) is 30.7. The van der Waals surface area contributed by atoms with Gasteiger partial charge in [-0.3, -0.25) is 14.3 Å². The highest BCUT2D eigenvalue weighted by atomic mass is 19.2. The number of carbonyl (C=O) groups is 1. The van der Waals surface area contributed by atoms with Gasteiger partial charge in [-0.05, 0) is 74.0 Å². The number of hydrogen-bond donors (Lipinski definition) is 0. The fourth-order valence-corrected chi connectivity index (χ4v) is 5.22. The maximum Gasteiger partial charge on any atom is 0.278 e. The summed E-state index contributed by atoms with van der Waals surface area (Å²) in [5, 5.41) is 0.926. The molecule has 0 aliphatic heterocycles. The highest BCUT2D eigenvalue weighted by molar-refractivity contribution is 5.97. The van der Waals surface area contributed by atoms with Gasteiger partial charge in [0.2, 0.25) is 0 Å². The second-order valence-electron chi connectivity index (χ2n) is 11.3. The second-order valence-corrected chi connectivity index (χ2v) is 11.3. The van der Waals surface area contributed by atoms with Gasteiger partial charge in [0.1, 0.15) is 11.4 Å². The van der Waals surface area contributed by atoms with E-state index in [0.29, 0.717) is 24.1 Å². The molecule has 7 nitrogen and oxygen atoms in total. The van der Waals surface area contributed by atoms with Crippen LogP contribution in [-0.2, 0) is 26.6 Å². The number of rotatable bonds is 11. The van der Waals surface area contributed by atoms with Gasteiger partial charge in [0.05, 0.1) is 12.1 Å². The van der Waals surface area contributed by atoms with Gasteiger partial charge >= 0.3 is 0 Å². The molecule has 0 N–H and O–H groups in total. The molecule has 0 bridgehead atoms. The van der Waals surface area contributed by atoms with Crippen molar-refractivity contribution in [1.29, 1.82) is 0 Å². The van der Waals surface area contributed by atoms with Crippen LogP contribution >= 0.6 is 0 Å². The number of hydrogen-bond acceptors (Lipinski definition) is 5. The van der Waals surface area contributed by atoms with Crippen molar-refractivity contribution in [1.82, 2.24) is 24.2 Å². The third-order valence-corrected chi connectivity index (χ3v) is 7.64. The lowest BCUT2D eigenvalue weighted by atomic mass is 10.1. The van der Waals surface area contributed by atoms with Crippen molar-refractivity contribution < 1.29 is 13.6 Å². The molecule has 2 heterocycles. The first-order valence-corrected chi connectivity index (χ1v) is 14.5. The molecule has 0 atom stereocenters. The van der Waals surface area contributed by atoms with E-state index < -0.39 is 17.2 Å². The molecule has 0 saturated carbocycles. The van der Waals surface area contributed by atoms with Gasteiger partial charge in [0, 0.05) is 43.7 Å². The SMILES string of the molecule is Cc1c(C(=O)CC/C=C/c2ccc3nc(Cc4ccc(CN(C)C)cc4)ncc3c2)c(=O)n(Cc2ccc(F)c(F)c2)n1C. The van der Waals surface area contributed by atoms with E-state index in [1.54, 1.807) is 18.7 Å². The van der Waals surface area contributed by atoms with Gasteiger partial charge in [-0.25, -0.2) is 23.4 Å². The van der Waals surface area contributed by atoms with Crippen molar-refractivity contribution in [3.05, 3.63) is 134 Å². The van der Waals surface area contributed by atoms with Crippen molar-refractivity contribution in [2.24, 2.45) is 7.05 Å². The Hall–Kier alpha value is -4.76. The standard InChI is InChI=1S/C35H35F2N5O2/c1-23-34(35(44)42(41(23)4)22-27-13-15-29(36)30(37)18-27)32(43)8-6-5-7-24-14-16-31-28(17-24)20-38-33(39-31)19-25-9-11-26(12-10-25)21-40(2)3/h5,7,9-18,20H,6,8,19,21-22H2,1-4H3/b7-5+. The summed E-state index contributed by atoms with van der Waals surface area (Å²) < 4.78 is 29.9. The monoisotopic (exact) mass is 595 g/mol. The van der Waals surface area contributed by atoms with Crippen LogP contribution < -0.4 is 5.56 Å². The normalized spacial score (nSPS) is 11.7. The smallest absolute Gasteiger partial charge is 0.278 e. The topological polar surface area (TPSA) is 73.0 Å². The fraction of sp³-hybridized carbons (Fsp3) is 0.257. The Morgan fingerprint density at radius 1 is 0.955 bits per heavy atom. The molecule has 2 aromatic heterocycles. The zero-order valence-corrected chi connectivity index (χ0v) is 25.3. The van der Waals surface area contributed by atoms with E-state index in [-0.39, 0.29) is 24.3 Å². The lowest BCUT2D eigenvalue weighted by Gasteiger charge is -2.10. The van der Waals surface area contributed by atoms with E-state index in [1.807, 2.05) is 36.5 Å². The lowest BCUT2D eigenvalue weighted by molar-refractivity contribution is 0.0982. The minimum atomic E-state index is -0.981. The predicted octanol–water partition coefficient (Wildman–Crippen LogP) is 6.09. The average Bonchev–Trinajstić information content (AvgIpc) is 3.20. The Morgan fingerprint density at radius 3 is 2.41 bits per heavy atom. The van der Waals surface area contributed by atoms with Crippen molar-refractivity contribution in [2.75, 3.05) is 14.1 Å². The van der Waals surface area contributed by atoms with E-state index >= 15 is 0 Å². The first-order chi connectivity index (χ1) is 21.1. The summed E-state index contributed by atoms with van der Waals surface area (Å²) in [6, 6.07) is 18.0. The third kappa shape index (κ3) is 7.06. The highest BCUT2D eigenvalue weighted by Gasteiger charge is 2.21.